The minimum absolute atomic E-state index is 0.182. The molecule has 5 heteroatoms. The Morgan fingerprint density at radius 2 is 1.95 bits per heavy atom. The van der Waals surface area contributed by atoms with Crippen LogP contribution in [0, 0.1) is 16.0 Å². The van der Waals surface area contributed by atoms with E-state index < -0.39 is 0 Å². The molecule has 0 aliphatic rings. The first-order valence-corrected chi connectivity index (χ1v) is 7.05. The van der Waals surface area contributed by atoms with E-state index >= 15 is 0 Å². The number of rotatable bonds is 8. The van der Waals surface area contributed by atoms with E-state index in [4.69, 9.17) is 0 Å². The van der Waals surface area contributed by atoms with Gasteiger partial charge < -0.3 is 10.4 Å². The molecule has 0 aliphatic heterocycles. The van der Waals surface area contributed by atoms with Crippen molar-refractivity contribution in [2.24, 2.45) is 5.92 Å². The molecule has 0 radical (unpaired) electrons. The number of nitrogens with one attached hydrogen (secondary N) is 1. The van der Waals surface area contributed by atoms with Gasteiger partial charge in [-0.25, -0.2) is 0 Å². The summed E-state index contributed by atoms with van der Waals surface area (Å²) in [5, 5.41) is 23.9. The molecule has 112 valence electrons. The lowest BCUT2D eigenvalue weighted by Gasteiger charge is -2.19. The third-order valence-corrected chi connectivity index (χ3v) is 3.48. The van der Waals surface area contributed by atoms with Crippen molar-refractivity contribution in [2.75, 3.05) is 6.54 Å². The van der Waals surface area contributed by atoms with E-state index in [1.165, 1.54) is 6.07 Å². The number of aryl methyl sites for hydroxylation is 1. The summed E-state index contributed by atoms with van der Waals surface area (Å²) < 4.78 is 0. The zero-order valence-corrected chi connectivity index (χ0v) is 12.4. The van der Waals surface area contributed by atoms with Gasteiger partial charge in [0.15, 0.2) is 0 Å². The number of nitro groups is 1. The highest BCUT2D eigenvalue weighted by Crippen LogP contribution is 2.19. The minimum Gasteiger partial charge on any atom is -0.392 e. The van der Waals surface area contributed by atoms with E-state index in [0.717, 1.165) is 12.0 Å². The lowest BCUT2D eigenvalue weighted by atomic mass is 10.0. The van der Waals surface area contributed by atoms with Crippen LogP contribution in [0.15, 0.2) is 24.3 Å². The smallest absolute Gasteiger partial charge is 0.272 e. The van der Waals surface area contributed by atoms with Gasteiger partial charge in [0.25, 0.3) is 5.69 Å². The number of aliphatic hydroxyl groups excluding tert-OH is 1. The van der Waals surface area contributed by atoms with E-state index in [1.807, 2.05) is 26.8 Å². The fraction of sp³-hybridized carbons (Fsp3) is 0.600. The molecular formula is C15H24N2O3. The van der Waals surface area contributed by atoms with Crippen LogP contribution in [0.2, 0.25) is 0 Å². The van der Waals surface area contributed by atoms with Gasteiger partial charge in [0.05, 0.1) is 11.0 Å². The van der Waals surface area contributed by atoms with Crippen LogP contribution in [0.5, 0.6) is 0 Å². The molecule has 0 saturated heterocycles. The molecule has 0 fully saturated rings. The summed E-state index contributed by atoms with van der Waals surface area (Å²) in [6.07, 6.45) is 1.10. The fourth-order valence-electron chi connectivity index (χ4n) is 1.93. The van der Waals surface area contributed by atoms with Crippen molar-refractivity contribution in [3.63, 3.8) is 0 Å². The number of benzene rings is 1. The maximum absolute atomic E-state index is 10.9. The molecule has 1 rings (SSSR count). The Bertz CT molecular complexity index is 435. The number of nitro benzene ring substituents is 1. The number of para-hydroxylation sites is 1. The van der Waals surface area contributed by atoms with Crippen LogP contribution < -0.4 is 5.32 Å². The van der Waals surface area contributed by atoms with Crippen LogP contribution in [0.1, 0.15) is 32.8 Å². The Morgan fingerprint density at radius 3 is 2.55 bits per heavy atom. The summed E-state index contributed by atoms with van der Waals surface area (Å²) in [5.41, 5.74) is 0.942. The van der Waals surface area contributed by atoms with Crippen molar-refractivity contribution in [3.05, 3.63) is 39.9 Å². The molecule has 1 aromatic rings. The molecule has 0 amide bonds. The van der Waals surface area contributed by atoms with Gasteiger partial charge in [0, 0.05) is 24.2 Å². The number of nitrogens with zero attached hydrogens (tertiary/aromatic N) is 1. The van der Waals surface area contributed by atoms with E-state index in [1.54, 1.807) is 12.1 Å². The third kappa shape index (κ3) is 5.27. The van der Waals surface area contributed by atoms with Crippen LogP contribution in [0.3, 0.4) is 0 Å². The molecule has 0 heterocycles. The van der Waals surface area contributed by atoms with E-state index in [0.29, 0.717) is 13.0 Å². The zero-order valence-electron chi connectivity index (χ0n) is 12.4. The molecule has 0 aromatic heterocycles. The Morgan fingerprint density at radius 1 is 1.30 bits per heavy atom. The minimum atomic E-state index is -0.358. The molecule has 1 aromatic carbocycles. The molecule has 20 heavy (non-hydrogen) atoms. The Hall–Kier alpha value is -1.46. The van der Waals surface area contributed by atoms with Gasteiger partial charge in [0.1, 0.15) is 0 Å². The van der Waals surface area contributed by atoms with Crippen LogP contribution in [-0.2, 0) is 6.42 Å². The Kier molecular flexibility index (Phi) is 6.61. The fourth-order valence-corrected chi connectivity index (χ4v) is 1.93. The molecule has 2 N–H and O–H groups in total. The van der Waals surface area contributed by atoms with Gasteiger partial charge >= 0.3 is 0 Å². The topological polar surface area (TPSA) is 75.4 Å². The van der Waals surface area contributed by atoms with Gasteiger partial charge in [0.2, 0.25) is 0 Å². The van der Waals surface area contributed by atoms with Gasteiger partial charge in [-0.15, -0.1) is 0 Å². The average molecular weight is 280 g/mol. The van der Waals surface area contributed by atoms with Crippen molar-refractivity contribution < 1.29 is 10.0 Å². The Labute approximate surface area is 120 Å². The second kappa shape index (κ2) is 7.97. The van der Waals surface area contributed by atoms with Crippen molar-refractivity contribution in [2.45, 2.75) is 45.8 Å². The molecule has 0 bridgehead atoms. The molecule has 0 aliphatic carbocycles. The largest absolute Gasteiger partial charge is 0.392 e. The molecule has 2 atom stereocenters. The molecule has 0 spiro atoms. The van der Waals surface area contributed by atoms with Crippen LogP contribution >= 0.6 is 0 Å². The lowest BCUT2D eigenvalue weighted by molar-refractivity contribution is -0.385. The highest BCUT2D eigenvalue weighted by atomic mass is 16.6. The second-order valence-corrected chi connectivity index (χ2v) is 5.55. The zero-order chi connectivity index (χ0) is 15.1. The summed E-state index contributed by atoms with van der Waals surface area (Å²) >= 11 is 0. The highest BCUT2D eigenvalue weighted by molar-refractivity contribution is 5.39. The average Bonchev–Trinajstić information content (AvgIpc) is 2.42. The molecule has 0 saturated carbocycles. The summed E-state index contributed by atoms with van der Waals surface area (Å²) in [6, 6.07) is 7.05. The van der Waals surface area contributed by atoms with Gasteiger partial charge in [-0.3, -0.25) is 10.1 Å². The summed E-state index contributed by atoms with van der Waals surface area (Å²) in [7, 11) is 0. The van der Waals surface area contributed by atoms with Crippen LogP contribution in [-0.4, -0.2) is 28.7 Å². The SMILES string of the molecule is CC(CCc1ccccc1[N+](=O)[O-])NCC(O)C(C)C. The number of aliphatic hydroxyl groups is 1. The van der Waals surface area contributed by atoms with Crippen molar-refractivity contribution in [3.8, 4) is 0 Å². The van der Waals surface area contributed by atoms with Crippen LogP contribution in [0.4, 0.5) is 5.69 Å². The first-order chi connectivity index (χ1) is 9.41. The van der Waals surface area contributed by atoms with E-state index in [9.17, 15) is 15.2 Å². The van der Waals surface area contributed by atoms with Crippen molar-refractivity contribution in [1.82, 2.24) is 5.32 Å². The Balaban J connectivity index is 2.45. The van der Waals surface area contributed by atoms with Crippen LogP contribution in [0.25, 0.3) is 0 Å². The maximum atomic E-state index is 10.9. The third-order valence-electron chi connectivity index (χ3n) is 3.48. The van der Waals surface area contributed by atoms with Crippen molar-refractivity contribution >= 4 is 5.69 Å². The normalized spacial score (nSPS) is 14.2. The first kappa shape index (κ1) is 16.6. The number of hydrogen-bond acceptors (Lipinski definition) is 4. The van der Waals surface area contributed by atoms with Gasteiger partial charge in [-0.05, 0) is 25.7 Å². The summed E-state index contributed by atoms with van der Waals surface area (Å²) in [4.78, 5) is 10.6. The summed E-state index contributed by atoms with van der Waals surface area (Å²) in [6.45, 7) is 6.53. The monoisotopic (exact) mass is 280 g/mol. The van der Waals surface area contributed by atoms with Crippen molar-refractivity contribution in [1.29, 1.82) is 0 Å². The second-order valence-electron chi connectivity index (χ2n) is 5.55. The van der Waals surface area contributed by atoms with Gasteiger partial charge in [-0.1, -0.05) is 32.0 Å². The predicted molar refractivity (Wildman–Crippen MR) is 79.7 cm³/mol. The first-order valence-electron chi connectivity index (χ1n) is 7.05. The molecule has 2 unspecified atom stereocenters. The molecule has 5 nitrogen and oxygen atoms in total. The van der Waals surface area contributed by atoms with E-state index in [2.05, 4.69) is 5.32 Å². The lowest BCUT2D eigenvalue weighted by Crippen LogP contribution is -2.36. The quantitative estimate of drug-likeness (QED) is 0.567. The molecular weight excluding hydrogens is 256 g/mol. The predicted octanol–water partition coefficient (Wildman–Crippen LogP) is 2.52. The maximum Gasteiger partial charge on any atom is 0.272 e. The summed E-state index contributed by atoms with van der Waals surface area (Å²) in [5.74, 6) is 0.227. The van der Waals surface area contributed by atoms with E-state index in [-0.39, 0.29) is 28.7 Å². The highest BCUT2D eigenvalue weighted by Gasteiger charge is 2.14. The van der Waals surface area contributed by atoms with Gasteiger partial charge in [-0.2, -0.15) is 0 Å². The number of hydrogen-bond donors (Lipinski definition) is 2. The standard InChI is InChI=1S/C15H24N2O3/c1-11(2)15(18)10-16-12(3)8-9-13-6-4-5-7-14(13)17(19)20/h4-7,11-12,15-16,18H,8-10H2,1-3H3.